The van der Waals surface area contributed by atoms with Gasteiger partial charge in [0, 0.05) is 17.6 Å². The van der Waals surface area contributed by atoms with E-state index < -0.39 is 21.6 Å². The molecular weight excluding hydrogens is 477 g/mol. The Bertz CT molecular complexity index is 947. The van der Waals surface area contributed by atoms with E-state index >= 15 is 0 Å². The fourth-order valence-corrected chi connectivity index (χ4v) is 5.27. The Morgan fingerprint density at radius 3 is 2.26 bits per heavy atom. The maximum absolute atomic E-state index is 13.2. The lowest BCUT2D eigenvalue weighted by Crippen LogP contribution is -2.34. The highest BCUT2D eigenvalue weighted by Crippen LogP contribution is 2.33. The molecule has 0 aliphatic rings. The van der Waals surface area contributed by atoms with Crippen molar-refractivity contribution in [3.05, 3.63) is 62.0 Å². The van der Waals surface area contributed by atoms with Crippen LogP contribution < -0.4 is 0 Å². The average Bonchev–Trinajstić information content (AvgIpc) is 2.55. The normalized spacial score (nSPS) is 12.0. The number of carboxylic acid groups (broad SMARTS) is 1. The van der Waals surface area contributed by atoms with Crippen LogP contribution in [0.3, 0.4) is 0 Å². The van der Waals surface area contributed by atoms with E-state index in [1.54, 1.807) is 0 Å². The van der Waals surface area contributed by atoms with E-state index in [9.17, 15) is 18.3 Å². The third-order valence-corrected chi connectivity index (χ3v) is 6.93. The number of hydrogen-bond acceptors (Lipinski definition) is 3. The lowest BCUT2D eigenvalue weighted by molar-refractivity contribution is 0.0697. The van der Waals surface area contributed by atoms with E-state index in [1.165, 1.54) is 16.4 Å². The Kier molecular flexibility index (Phi) is 7.33. The zero-order valence-electron chi connectivity index (χ0n) is 14.6. The van der Waals surface area contributed by atoms with E-state index in [-0.39, 0.29) is 33.9 Å². The van der Waals surface area contributed by atoms with Gasteiger partial charge in [0.25, 0.3) is 0 Å². The number of rotatable bonds is 7. The van der Waals surface area contributed by atoms with Gasteiger partial charge in [-0.3, -0.25) is 0 Å². The molecule has 2 aromatic rings. The van der Waals surface area contributed by atoms with Crippen LogP contribution >= 0.6 is 39.1 Å². The van der Waals surface area contributed by atoms with Crippen molar-refractivity contribution in [3.8, 4) is 0 Å². The van der Waals surface area contributed by atoms with Crippen LogP contribution in [-0.4, -0.2) is 30.3 Å². The summed E-state index contributed by atoms with van der Waals surface area (Å²) in [5.74, 6) is -1.33. The quantitative estimate of drug-likeness (QED) is 0.566. The number of benzene rings is 2. The van der Waals surface area contributed by atoms with Gasteiger partial charge in [-0.25, -0.2) is 13.2 Å². The van der Waals surface area contributed by atoms with Gasteiger partial charge in [0.1, 0.15) is 4.90 Å². The first-order chi connectivity index (χ1) is 12.5. The molecule has 2 aromatic carbocycles. The highest BCUT2D eigenvalue weighted by molar-refractivity contribution is 9.10. The Hall–Kier alpha value is -1.12. The molecule has 0 fully saturated rings. The molecule has 0 radical (unpaired) electrons. The van der Waals surface area contributed by atoms with Crippen molar-refractivity contribution in [1.82, 2.24) is 4.31 Å². The average molecular weight is 495 g/mol. The fraction of sp³-hybridized carbons (Fsp3) is 0.278. The summed E-state index contributed by atoms with van der Waals surface area (Å²) in [5, 5.41) is 8.79. The summed E-state index contributed by atoms with van der Waals surface area (Å²) < 4.78 is 28.7. The van der Waals surface area contributed by atoms with Crippen LogP contribution in [0.2, 0.25) is 10.0 Å². The molecule has 0 atom stereocenters. The third-order valence-electron chi connectivity index (χ3n) is 3.73. The summed E-state index contributed by atoms with van der Waals surface area (Å²) in [6.45, 7) is 4.18. The zero-order valence-corrected chi connectivity index (χ0v) is 18.5. The van der Waals surface area contributed by atoms with Gasteiger partial charge in [-0.15, -0.1) is 0 Å². The highest BCUT2D eigenvalue weighted by atomic mass is 79.9. The molecule has 1 N–H and O–H groups in total. The first-order valence-corrected chi connectivity index (χ1v) is 11.0. The van der Waals surface area contributed by atoms with E-state index in [2.05, 4.69) is 15.9 Å². The predicted molar refractivity (Wildman–Crippen MR) is 110 cm³/mol. The summed E-state index contributed by atoms with van der Waals surface area (Å²) in [4.78, 5) is 11.1. The minimum atomic E-state index is -4.04. The number of sulfonamides is 1. The minimum absolute atomic E-state index is 0.0558. The third kappa shape index (κ3) is 5.23. The van der Waals surface area contributed by atoms with Crippen LogP contribution in [0, 0.1) is 5.92 Å². The van der Waals surface area contributed by atoms with Crippen molar-refractivity contribution in [2.24, 2.45) is 5.92 Å². The van der Waals surface area contributed by atoms with Gasteiger partial charge in [0.15, 0.2) is 0 Å². The summed E-state index contributed by atoms with van der Waals surface area (Å²) in [5.41, 5.74) is 0.374. The minimum Gasteiger partial charge on any atom is -0.478 e. The molecule has 27 heavy (non-hydrogen) atoms. The predicted octanol–water partition coefficient (Wildman–Crippen LogP) is 5.30. The van der Waals surface area contributed by atoms with Crippen molar-refractivity contribution in [2.75, 3.05) is 6.54 Å². The van der Waals surface area contributed by atoms with Gasteiger partial charge in [0.05, 0.1) is 15.6 Å². The Morgan fingerprint density at radius 2 is 1.74 bits per heavy atom. The molecule has 0 aliphatic heterocycles. The molecule has 0 spiro atoms. The summed E-state index contributed by atoms with van der Waals surface area (Å²) >= 11 is 15.3. The van der Waals surface area contributed by atoms with Gasteiger partial charge in [0.2, 0.25) is 10.0 Å². The second kappa shape index (κ2) is 8.92. The van der Waals surface area contributed by atoms with Crippen molar-refractivity contribution in [3.63, 3.8) is 0 Å². The lowest BCUT2D eigenvalue weighted by atomic mass is 10.2. The lowest BCUT2D eigenvalue weighted by Gasteiger charge is -2.25. The Labute approximate surface area is 177 Å². The second-order valence-corrected chi connectivity index (χ2v) is 9.96. The maximum atomic E-state index is 13.2. The van der Waals surface area contributed by atoms with Crippen molar-refractivity contribution < 1.29 is 18.3 Å². The Morgan fingerprint density at radius 1 is 1.15 bits per heavy atom. The molecule has 0 amide bonds. The molecule has 0 saturated heterocycles. The molecule has 0 aromatic heterocycles. The molecule has 9 heteroatoms. The van der Waals surface area contributed by atoms with Crippen LogP contribution in [0.1, 0.15) is 29.8 Å². The number of aromatic carboxylic acids is 1. The van der Waals surface area contributed by atoms with E-state index in [4.69, 9.17) is 23.2 Å². The van der Waals surface area contributed by atoms with Gasteiger partial charge in [-0.05, 0) is 35.7 Å². The summed E-state index contributed by atoms with van der Waals surface area (Å²) in [7, 11) is -4.04. The van der Waals surface area contributed by atoms with Crippen LogP contribution in [0.25, 0.3) is 0 Å². The molecule has 5 nitrogen and oxygen atoms in total. The topological polar surface area (TPSA) is 74.7 Å². The van der Waals surface area contributed by atoms with Gasteiger partial charge < -0.3 is 5.11 Å². The Balaban J connectivity index is 2.52. The van der Waals surface area contributed by atoms with Gasteiger partial charge in [-0.1, -0.05) is 65.1 Å². The van der Waals surface area contributed by atoms with Crippen molar-refractivity contribution in [2.45, 2.75) is 25.3 Å². The fourth-order valence-electron chi connectivity index (χ4n) is 2.52. The second-order valence-electron chi connectivity index (χ2n) is 6.36. The molecule has 146 valence electrons. The molecule has 0 aliphatic carbocycles. The molecular formula is C18H18BrCl2NO4S. The first-order valence-electron chi connectivity index (χ1n) is 8.00. The number of nitrogens with zero attached hydrogens (tertiary/aromatic N) is 1. The standard InChI is InChI=1S/C18H18BrCl2NO4S/c1-11(2)9-22(10-12-3-5-13(19)6-4-12)27(25,26)15-8-7-14(20)16(17(15)21)18(23)24/h3-8,11H,9-10H2,1-2H3,(H,23,24). The smallest absolute Gasteiger partial charge is 0.338 e. The number of halogens is 3. The van der Waals surface area contributed by atoms with E-state index in [0.717, 1.165) is 10.0 Å². The molecule has 0 unspecified atom stereocenters. The largest absolute Gasteiger partial charge is 0.478 e. The summed E-state index contributed by atoms with van der Waals surface area (Å²) in [6.07, 6.45) is 0. The van der Waals surface area contributed by atoms with Gasteiger partial charge >= 0.3 is 5.97 Å². The number of hydrogen-bond donors (Lipinski definition) is 1. The first kappa shape index (κ1) is 22.2. The van der Waals surface area contributed by atoms with E-state index in [0.29, 0.717) is 0 Å². The summed E-state index contributed by atoms with van der Waals surface area (Å²) in [6, 6.07) is 9.76. The van der Waals surface area contributed by atoms with Gasteiger partial charge in [-0.2, -0.15) is 4.31 Å². The van der Waals surface area contributed by atoms with Crippen LogP contribution in [-0.2, 0) is 16.6 Å². The molecule has 2 rings (SSSR count). The molecule has 0 saturated carbocycles. The number of carboxylic acids is 1. The van der Waals surface area contributed by atoms with Crippen LogP contribution in [0.15, 0.2) is 45.8 Å². The van der Waals surface area contributed by atoms with Crippen LogP contribution in [0.5, 0.6) is 0 Å². The van der Waals surface area contributed by atoms with Crippen molar-refractivity contribution >= 4 is 55.1 Å². The van der Waals surface area contributed by atoms with Crippen molar-refractivity contribution in [1.29, 1.82) is 0 Å². The number of carbonyl (C=O) groups is 1. The highest BCUT2D eigenvalue weighted by Gasteiger charge is 2.30. The SMILES string of the molecule is CC(C)CN(Cc1ccc(Br)cc1)S(=O)(=O)c1ccc(Cl)c(C(=O)O)c1Cl. The maximum Gasteiger partial charge on any atom is 0.338 e. The molecule has 0 heterocycles. The van der Waals surface area contributed by atoms with Crippen LogP contribution in [0.4, 0.5) is 0 Å². The zero-order chi connectivity index (χ0) is 20.4. The monoisotopic (exact) mass is 493 g/mol. The molecule has 0 bridgehead atoms. The van der Waals surface area contributed by atoms with E-state index in [1.807, 2.05) is 38.1 Å².